The fraction of sp³-hybridized carbons (Fsp3) is 0.538. The van der Waals surface area contributed by atoms with E-state index < -0.39 is 0 Å². The van der Waals surface area contributed by atoms with E-state index in [0.717, 1.165) is 18.7 Å². The summed E-state index contributed by atoms with van der Waals surface area (Å²) in [6.45, 7) is 0. The number of nitrogens with two attached hydrogens (primary N) is 1. The molecule has 2 atom stereocenters. The molecule has 0 aromatic carbocycles. The Morgan fingerprint density at radius 2 is 2.00 bits per heavy atom. The molecule has 2 unspecified atom stereocenters. The van der Waals surface area contributed by atoms with Crippen molar-refractivity contribution in [2.24, 2.45) is 5.73 Å². The average molecular weight is 228 g/mol. The van der Waals surface area contributed by atoms with Gasteiger partial charge in [0.1, 0.15) is 17.6 Å². The first-order valence-corrected chi connectivity index (χ1v) is 6.19. The van der Waals surface area contributed by atoms with Crippen LogP contribution in [0, 0.1) is 11.3 Å². The van der Waals surface area contributed by atoms with Crippen molar-refractivity contribution in [1.82, 2.24) is 4.98 Å². The third-order valence-corrected chi connectivity index (χ3v) is 3.88. The Balaban J connectivity index is 1.92. The molecule has 0 spiro atoms. The van der Waals surface area contributed by atoms with Crippen molar-refractivity contribution in [3.8, 4) is 6.07 Å². The molecule has 4 nitrogen and oxygen atoms in total. The minimum atomic E-state index is 0.336. The van der Waals surface area contributed by atoms with Gasteiger partial charge in [-0.25, -0.2) is 4.98 Å². The predicted molar refractivity (Wildman–Crippen MR) is 65.5 cm³/mol. The lowest BCUT2D eigenvalue weighted by Gasteiger charge is -2.38. The Kier molecular flexibility index (Phi) is 2.49. The molecule has 2 saturated heterocycles. The zero-order valence-corrected chi connectivity index (χ0v) is 9.71. The van der Waals surface area contributed by atoms with Crippen LogP contribution < -0.4 is 10.6 Å². The maximum absolute atomic E-state index is 8.90. The van der Waals surface area contributed by atoms with Crippen LogP contribution in [0.5, 0.6) is 0 Å². The third-order valence-electron chi connectivity index (χ3n) is 3.88. The zero-order chi connectivity index (χ0) is 11.8. The van der Waals surface area contributed by atoms with E-state index in [1.54, 1.807) is 6.07 Å². The normalized spacial score (nSPS) is 31.3. The van der Waals surface area contributed by atoms with Crippen LogP contribution in [0.25, 0.3) is 0 Å². The summed E-state index contributed by atoms with van der Waals surface area (Å²) in [5, 5.41) is 8.90. The molecule has 2 fully saturated rings. The molecule has 2 aliphatic rings. The Bertz CT molecular complexity index is 451. The van der Waals surface area contributed by atoms with Gasteiger partial charge in [-0.2, -0.15) is 5.26 Å². The monoisotopic (exact) mass is 228 g/mol. The molecule has 17 heavy (non-hydrogen) atoms. The van der Waals surface area contributed by atoms with Crippen molar-refractivity contribution in [2.75, 3.05) is 4.90 Å². The van der Waals surface area contributed by atoms with Gasteiger partial charge in [0.15, 0.2) is 0 Å². The molecule has 0 amide bonds. The number of hydrogen-bond acceptors (Lipinski definition) is 4. The number of nitriles is 1. The van der Waals surface area contributed by atoms with E-state index >= 15 is 0 Å². The van der Waals surface area contributed by atoms with Gasteiger partial charge < -0.3 is 10.6 Å². The van der Waals surface area contributed by atoms with E-state index in [1.807, 2.05) is 12.1 Å². The highest BCUT2D eigenvalue weighted by Crippen LogP contribution is 2.37. The van der Waals surface area contributed by atoms with Crippen molar-refractivity contribution in [3.05, 3.63) is 23.9 Å². The van der Waals surface area contributed by atoms with E-state index in [-0.39, 0.29) is 0 Å². The van der Waals surface area contributed by atoms with Crippen LogP contribution >= 0.6 is 0 Å². The molecule has 0 radical (unpaired) electrons. The van der Waals surface area contributed by atoms with Gasteiger partial charge in [-0.15, -0.1) is 0 Å². The van der Waals surface area contributed by atoms with Crippen molar-refractivity contribution in [3.63, 3.8) is 0 Å². The van der Waals surface area contributed by atoms with Gasteiger partial charge in [-0.3, -0.25) is 0 Å². The molecule has 2 N–H and O–H groups in total. The van der Waals surface area contributed by atoms with Crippen LogP contribution in [-0.4, -0.2) is 23.1 Å². The Hall–Kier alpha value is -1.60. The van der Waals surface area contributed by atoms with Crippen molar-refractivity contribution in [1.29, 1.82) is 5.26 Å². The first-order chi connectivity index (χ1) is 8.28. The number of aromatic nitrogens is 1. The fourth-order valence-electron chi connectivity index (χ4n) is 3.22. The summed E-state index contributed by atoms with van der Waals surface area (Å²) in [5.41, 5.74) is 6.55. The van der Waals surface area contributed by atoms with Crippen LogP contribution in [0.4, 0.5) is 5.82 Å². The summed E-state index contributed by atoms with van der Waals surface area (Å²) in [6, 6.07) is 9.14. The van der Waals surface area contributed by atoms with E-state index in [4.69, 9.17) is 11.0 Å². The van der Waals surface area contributed by atoms with Crippen LogP contribution in [0.2, 0.25) is 0 Å². The average Bonchev–Trinajstić information content (AvgIpc) is 2.62. The first kappa shape index (κ1) is 10.5. The molecular formula is C13H16N4. The molecule has 4 heteroatoms. The highest BCUT2D eigenvalue weighted by molar-refractivity contribution is 5.46. The number of hydrogen-bond donors (Lipinski definition) is 1. The topological polar surface area (TPSA) is 65.9 Å². The molecular weight excluding hydrogens is 212 g/mol. The summed E-state index contributed by atoms with van der Waals surface area (Å²) >= 11 is 0. The molecule has 3 heterocycles. The second kappa shape index (κ2) is 4.01. The summed E-state index contributed by atoms with van der Waals surface area (Å²) in [5.74, 6) is 0.948. The summed E-state index contributed by atoms with van der Waals surface area (Å²) < 4.78 is 0. The van der Waals surface area contributed by atoms with Gasteiger partial charge in [0.25, 0.3) is 0 Å². The Labute approximate surface area is 101 Å². The second-order valence-electron chi connectivity index (χ2n) is 5.02. The quantitative estimate of drug-likeness (QED) is 0.789. The Morgan fingerprint density at radius 3 is 2.65 bits per heavy atom. The van der Waals surface area contributed by atoms with Crippen LogP contribution in [-0.2, 0) is 0 Å². The highest BCUT2D eigenvalue weighted by atomic mass is 15.3. The number of pyridine rings is 1. The van der Waals surface area contributed by atoms with Gasteiger partial charge in [0.2, 0.25) is 0 Å². The number of piperidine rings is 1. The summed E-state index contributed by atoms with van der Waals surface area (Å²) in [7, 11) is 0. The molecule has 3 rings (SSSR count). The summed E-state index contributed by atoms with van der Waals surface area (Å²) in [6.07, 6.45) is 4.51. The maximum Gasteiger partial charge on any atom is 0.142 e. The molecule has 1 aromatic rings. The molecule has 0 saturated carbocycles. The van der Waals surface area contributed by atoms with Crippen LogP contribution in [0.3, 0.4) is 0 Å². The molecule has 1 aromatic heterocycles. The van der Waals surface area contributed by atoms with Crippen molar-refractivity contribution >= 4 is 5.82 Å². The first-order valence-electron chi connectivity index (χ1n) is 6.19. The maximum atomic E-state index is 8.90. The third kappa shape index (κ3) is 1.77. The highest BCUT2D eigenvalue weighted by Gasteiger charge is 2.40. The van der Waals surface area contributed by atoms with E-state index in [1.165, 1.54) is 12.8 Å². The van der Waals surface area contributed by atoms with Gasteiger partial charge in [-0.05, 0) is 37.8 Å². The number of fused-ring (bicyclic) bond motifs is 2. The van der Waals surface area contributed by atoms with Crippen molar-refractivity contribution < 1.29 is 0 Å². The van der Waals surface area contributed by atoms with Gasteiger partial charge >= 0.3 is 0 Å². The molecule has 2 aliphatic heterocycles. The molecule has 0 aliphatic carbocycles. The molecule has 2 bridgehead atoms. The standard InChI is InChI=1S/C13H16N4/c14-8-10-2-1-3-13(16-10)17-11-4-5-12(17)7-9(15)6-11/h1-3,9,11-12H,4-7,15H2. The van der Waals surface area contributed by atoms with Crippen LogP contribution in [0.1, 0.15) is 31.4 Å². The largest absolute Gasteiger partial charge is 0.350 e. The number of rotatable bonds is 1. The van der Waals surface area contributed by atoms with Crippen LogP contribution in [0.15, 0.2) is 18.2 Å². The summed E-state index contributed by atoms with van der Waals surface area (Å²) in [4.78, 5) is 6.78. The van der Waals surface area contributed by atoms with Gasteiger partial charge in [0.05, 0.1) is 0 Å². The Morgan fingerprint density at radius 1 is 1.29 bits per heavy atom. The van der Waals surface area contributed by atoms with Gasteiger partial charge in [0, 0.05) is 18.1 Å². The number of nitrogens with zero attached hydrogens (tertiary/aromatic N) is 3. The smallest absolute Gasteiger partial charge is 0.142 e. The lowest BCUT2D eigenvalue weighted by atomic mass is 9.98. The fourth-order valence-corrected chi connectivity index (χ4v) is 3.22. The minimum absolute atomic E-state index is 0.336. The molecule has 88 valence electrons. The van der Waals surface area contributed by atoms with Gasteiger partial charge in [-0.1, -0.05) is 6.07 Å². The lowest BCUT2D eigenvalue weighted by molar-refractivity contribution is 0.412. The van der Waals surface area contributed by atoms with Crippen molar-refractivity contribution in [2.45, 2.75) is 43.8 Å². The van der Waals surface area contributed by atoms with E-state index in [9.17, 15) is 0 Å². The predicted octanol–water partition coefficient (Wildman–Crippen LogP) is 1.41. The second-order valence-corrected chi connectivity index (χ2v) is 5.02. The SMILES string of the molecule is N#Cc1cccc(N2C3CCC2CC(N)C3)n1. The van der Waals surface area contributed by atoms with E-state index in [0.29, 0.717) is 23.8 Å². The number of anilines is 1. The lowest BCUT2D eigenvalue weighted by Crippen LogP contribution is -2.47. The zero-order valence-electron chi connectivity index (χ0n) is 9.71. The van der Waals surface area contributed by atoms with E-state index in [2.05, 4.69) is 16.0 Å². The minimum Gasteiger partial charge on any atom is -0.350 e.